The lowest BCUT2D eigenvalue weighted by molar-refractivity contribution is -0.0446. The minimum absolute atomic E-state index is 0.0852. The van der Waals surface area contributed by atoms with E-state index in [0.717, 1.165) is 12.8 Å². The minimum atomic E-state index is -0.829. The number of aromatic nitrogens is 2. The Morgan fingerprint density at radius 3 is 2.48 bits per heavy atom. The Balaban J connectivity index is 1.95. The number of nitrogens with zero attached hydrogens (tertiary/aromatic N) is 2. The molecule has 1 aromatic heterocycles. The van der Waals surface area contributed by atoms with E-state index >= 15 is 0 Å². The fraction of sp³-hybridized carbons (Fsp3) is 0.778. The predicted octanol–water partition coefficient (Wildman–Crippen LogP) is 2.50. The second-order valence-corrected chi connectivity index (χ2v) is 7.86. The van der Waals surface area contributed by atoms with E-state index < -0.39 is 23.5 Å². The number of nitrogens with one attached hydrogen (secondary N) is 1. The van der Waals surface area contributed by atoms with E-state index in [1.807, 2.05) is 13.8 Å². The van der Waals surface area contributed by atoms with Gasteiger partial charge in [-0.3, -0.25) is 4.79 Å². The number of carbonyl (C=O) groups is 2. The molecule has 9 nitrogen and oxygen atoms in total. The van der Waals surface area contributed by atoms with Gasteiger partial charge in [-0.25, -0.2) is 4.79 Å². The molecule has 0 aliphatic carbocycles. The van der Waals surface area contributed by atoms with Crippen LogP contribution >= 0.6 is 0 Å². The number of ketones is 1. The Morgan fingerprint density at radius 2 is 1.89 bits per heavy atom. The molecule has 1 atom stereocenters. The summed E-state index contributed by atoms with van der Waals surface area (Å²) in [5.74, 6) is -0.570. The molecule has 0 spiro atoms. The van der Waals surface area contributed by atoms with Gasteiger partial charge in [0.1, 0.15) is 18.2 Å². The van der Waals surface area contributed by atoms with Crippen molar-refractivity contribution < 1.29 is 28.2 Å². The number of hydrogen-bond acceptors (Lipinski definition) is 8. The van der Waals surface area contributed by atoms with E-state index in [1.54, 1.807) is 20.8 Å². The molecule has 152 valence electrons. The third kappa shape index (κ3) is 6.91. The minimum Gasteiger partial charge on any atom is -0.444 e. The summed E-state index contributed by atoms with van der Waals surface area (Å²) in [5, 5.41) is 10.2. The van der Waals surface area contributed by atoms with E-state index in [1.165, 1.54) is 0 Å². The van der Waals surface area contributed by atoms with Gasteiger partial charge in [-0.15, -0.1) is 10.2 Å². The van der Waals surface area contributed by atoms with Crippen LogP contribution in [0.25, 0.3) is 0 Å². The van der Waals surface area contributed by atoms with Gasteiger partial charge in [0, 0.05) is 13.2 Å². The smallest absolute Gasteiger partial charge is 0.408 e. The Labute approximate surface area is 159 Å². The van der Waals surface area contributed by atoms with Crippen LogP contribution in [0.4, 0.5) is 4.79 Å². The number of carbonyl (C=O) groups excluding carboxylic acids is 2. The van der Waals surface area contributed by atoms with Gasteiger partial charge in [0.15, 0.2) is 0 Å². The topological polar surface area (TPSA) is 113 Å². The normalized spacial score (nSPS) is 17.0. The molecule has 1 N–H and O–H groups in total. The van der Waals surface area contributed by atoms with E-state index in [-0.39, 0.29) is 30.4 Å². The van der Waals surface area contributed by atoms with Gasteiger partial charge in [0.05, 0.1) is 6.10 Å². The SMILES string of the molecule is CC(C)C(NC(=O)OC(C)(C)C)C(=O)c1nnc(COC2CCOCC2)o1. The summed E-state index contributed by atoms with van der Waals surface area (Å²) in [6.45, 7) is 10.4. The number of alkyl carbamates (subject to hydrolysis) is 1. The van der Waals surface area contributed by atoms with Gasteiger partial charge in [0.25, 0.3) is 5.89 Å². The van der Waals surface area contributed by atoms with E-state index in [4.69, 9.17) is 18.6 Å². The summed E-state index contributed by atoms with van der Waals surface area (Å²) >= 11 is 0. The molecule has 27 heavy (non-hydrogen) atoms. The monoisotopic (exact) mass is 383 g/mol. The largest absolute Gasteiger partial charge is 0.444 e. The van der Waals surface area contributed by atoms with Gasteiger partial charge in [0.2, 0.25) is 11.7 Å². The number of Topliss-reactive ketones (excluding diaryl/α,β-unsaturated/α-hetero) is 1. The van der Waals surface area contributed by atoms with Crippen LogP contribution in [0.1, 0.15) is 64.0 Å². The first-order chi connectivity index (χ1) is 12.7. The highest BCUT2D eigenvalue weighted by atomic mass is 16.6. The first kappa shape index (κ1) is 21.3. The van der Waals surface area contributed by atoms with Gasteiger partial charge < -0.3 is 23.9 Å². The van der Waals surface area contributed by atoms with Crippen LogP contribution in [0.15, 0.2) is 4.42 Å². The van der Waals surface area contributed by atoms with E-state index in [0.29, 0.717) is 13.2 Å². The average molecular weight is 383 g/mol. The second-order valence-electron chi connectivity index (χ2n) is 7.86. The van der Waals surface area contributed by atoms with Crippen LogP contribution < -0.4 is 5.32 Å². The maximum Gasteiger partial charge on any atom is 0.408 e. The molecular weight excluding hydrogens is 354 g/mol. The van der Waals surface area contributed by atoms with Crippen molar-refractivity contribution in [1.29, 1.82) is 0 Å². The van der Waals surface area contributed by atoms with Crippen molar-refractivity contribution in [2.24, 2.45) is 5.92 Å². The zero-order chi connectivity index (χ0) is 20.0. The van der Waals surface area contributed by atoms with Gasteiger partial charge in [-0.05, 0) is 39.5 Å². The number of amides is 1. The van der Waals surface area contributed by atoms with Crippen LogP contribution in [0.5, 0.6) is 0 Å². The molecule has 0 radical (unpaired) electrons. The highest BCUT2D eigenvalue weighted by Gasteiger charge is 2.31. The van der Waals surface area contributed by atoms with Crippen molar-refractivity contribution >= 4 is 11.9 Å². The standard InChI is InChI=1S/C18H29N3O6/c1-11(2)14(19-17(23)27-18(3,4)5)15(22)16-21-20-13(26-16)10-25-12-6-8-24-9-7-12/h11-12,14H,6-10H2,1-5H3,(H,19,23). The summed E-state index contributed by atoms with van der Waals surface area (Å²) < 4.78 is 21.6. The maximum absolute atomic E-state index is 12.7. The summed E-state index contributed by atoms with van der Waals surface area (Å²) in [4.78, 5) is 24.7. The molecule has 2 heterocycles. The molecule has 1 aliphatic heterocycles. The van der Waals surface area contributed by atoms with Crippen LogP contribution in [0.2, 0.25) is 0 Å². The molecule has 0 aromatic carbocycles. The zero-order valence-corrected chi connectivity index (χ0v) is 16.6. The van der Waals surface area contributed by atoms with E-state index in [9.17, 15) is 9.59 Å². The predicted molar refractivity (Wildman–Crippen MR) is 95.3 cm³/mol. The molecule has 1 amide bonds. The Hall–Kier alpha value is -2.00. The summed E-state index contributed by atoms with van der Waals surface area (Å²) in [5.41, 5.74) is -0.659. The lowest BCUT2D eigenvalue weighted by atomic mass is 10.00. The summed E-state index contributed by atoms with van der Waals surface area (Å²) in [7, 11) is 0. The first-order valence-corrected chi connectivity index (χ1v) is 9.21. The number of ether oxygens (including phenoxy) is 3. The number of rotatable bonds is 7. The second kappa shape index (κ2) is 9.27. The van der Waals surface area contributed by atoms with Crippen molar-refractivity contribution in [3.05, 3.63) is 11.8 Å². The van der Waals surface area contributed by atoms with Crippen molar-refractivity contribution in [3.8, 4) is 0 Å². The fourth-order valence-corrected chi connectivity index (χ4v) is 2.55. The van der Waals surface area contributed by atoms with Crippen molar-refractivity contribution in [2.45, 2.75) is 71.8 Å². The third-order valence-electron chi connectivity index (χ3n) is 3.91. The van der Waals surface area contributed by atoms with Crippen LogP contribution in [0.3, 0.4) is 0 Å². The van der Waals surface area contributed by atoms with Crippen LogP contribution in [-0.2, 0) is 20.8 Å². The van der Waals surface area contributed by atoms with Crippen LogP contribution in [-0.4, -0.2) is 53.0 Å². The summed E-state index contributed by atoms with van der Waals surface area (Å²) in [6, 6.07) is -0.829. The van der Waals surface area contributed by atoms with Gasteiger partial charge >= 0.3 is 6.09 Å². The quantitative estimate of drug-likeness (QED) is 0.715. The zero-order valence-electron chi connectivity index (χ0n) is 16.6. The third-order valence-corrected chi connectivity index (χ3v) is 3.91. The molecule has 2 rings (SSSR count). The summed E-state index contributed by atoms with van der Waals surface area (Å²) in [6.07, 6.45) is 1.05. The Kier molecular flexibility index (Phi) is 7.32. The number of hydrogen-bond donors (Lipinski definition) is 1. The van der Waals surface area contributed by atoms with Crippen molar-refractivity contribution in [1.82, 2.24) is 15.5 Å². The lowest BCUT2D eigenvalue weighted by Crippen LogP contribution is -2.46. The van der Waals surface area contributed by atoms with Crippen LogP contribution in [0, 0.1) is 5.92 Å². The first-order valence-electron chi connectivity index (χ1n) is 9.21. The molecule has 1 aromatic rings. The molecule has 9 heteroatoms. The van der Waals surface area contributed by atoms with Gasteiger partial charge in [-0.1, -0.05) is 13.8 Å². The molecule has 1 unspecified atom stereocenters. The lowest BCUT2D eigenvalue weighted by Gasteiger charge is -2.24. The average Bonchev–Trinajstić information content (AvgIpc) is 3.05. The molecule has 1 aliphatic rings. The molecular formula is C18H29N3O6. The highest BCUT2D eigenvalue weighted by Crippen LogP contribution is 2.15. The van der Waals surface area contributed by atoms with Crippen molar-refractivity contribution in [3.63, 3.8) is 0 Å². The molecule has 1 fully saturated rings. The Bertz CT molecular complexity index is 631. The van der Waals surface area contributed by atoms with E-state index in [2.05, 4.69) is 15.5 Å². The van der Waals surface area contributed by atoms with Gasteiger partial charge in [-0.2, -0.15) is 0 Å². The van der Waals surface area contributed by atoms with Crippen molar-refractivity contribution in [2.75, 3.05) is 13.2 Å². The maximum atomic E-state index is 12.7. The molecule has 0 bridgehead atoms. The molecule has 1 saturated heterocycles. The fourth-order valence-electron chi connectivity index (χ4n) is 2.55. The Morgan fingerprint density at radius 1 is 1.22 bits per heavy atom. The highest BCUT2D eigenvalue weighted by molar-refractivity contribution is 5.97. The molecule has 0 saturated carbocycles.